The van der Waals surface area contributed by atoms with Crippen LogP contribution in [0.4, 0.5) is 9.18 Å². The summed E-state index contributed by atoms with van der Waals surface area (Å²) in [5.74, 6) is 0.0418. The van der Waals surface area contributed by atoms with Crippen molar-refractivity contribution in [3.05, 3.63) is 46.5 Å². The Bertz CT molecular complexity index is 702. The maximum atomic E-state index is 12.9. The molecule has 0 unspecified atom stereocenters. The SMILES string of the molecule is C=C(C[18F])C[C@H]1CN2CCc3cc(C)c(C)cc3[C@@H]2C[C@@H]1OC(N)=O.S.S.S. The van der Waals surface area contributed by atoms with Crippen LogP contribution in [0.2, 0.25) is 0 Å². The first-order valence-corrected chi connectivity index (χ1v) is 8.91. The molecule has 3 atom stereocenters. The van der Waals surface area contributed by atoms with Gasteiger partial charge in [-0.05, 0) is 54.5 Å². The number of aryl methyl sites for hydroxylation is 2. The number of alkyl halides is 1. The number of nitrogens with zero attached hydrogens (tertiary/aromatic N) is 1. The molecule has 0 spiro atoms. The fourth-order valence-corrected chi connectivity index (χ4v) is 4.28. The molecule has 1 aromatic carbocycles. The van der Waals surface area contributed by atoms with Gasteiger partial charge in [-0.15, -0.1) is 0 Å². The first kappa shape index (κ1) is 27.2. The van der Waals surface area contributed by atoms with E-state index in [0.717, 1.165) is 19.5 Å². The lowest BCUT2D eigenvalue weighted by molar-refractivity contribution is -0.0202. The summed E-state index contributed by atoms with van der Waals surface area (Å²) in [6.45, 7) is 9.25. The van der Waals surface area contributed by atoms with Crippen LogP contribution >= 0.6 is 40.5 Å². The summed E-state index contributed by atoms with van der Waals surface area (Å²) in [6.07, 6.45) is 1.19. The Morgan fingerprint density at radius 3 is 2.54 bits per heavy atom. The predicted molar refractivity (Wildman–Crippen MR) is 127 cm³/mol. The first-order chi connectivity index (χ1) is 11.9. The number of carbonyl (C=O) groups excluding carboxylic acids is 1. The van der Waals surface area contributed by atoms with E-state index in [1.807, 2.05) is 0 Å². The molecular weight excluding hydrogens is 414 g/mol. The molecule has 0 saturated carbocycles. The first-order valence-electron chi connectivity index (χ1n) is 8.91. The highest BCUT2D eigenvalue weighted by atomic mass is 32.1. The van der Waals surface area contributed by atoms with Crippen molar-refractivity contribution in [2.75, 3.05) is 19.8 Å². The maximum Gasteiger partial charge on any atom is 0.404 e. The summed E-state index contributed by atoms with van der Waals surface area (Å²) < 4.78 is 18.3. The number of nitrogens with two attached hydrogens (primary N) is 1. The summed E-state index contributed by atoms with van der Waals surface area (Å²) in [7, 11) is 0. The lowest BCUT2D eigenvalue weighted by Crippen LogP contribution is -2.49. The third kappa shape index (κ3) is 5.84. The number of hydrogen-bond acceptors (Lipinski definition) is 3. The van der Waals surface area contributed by atoms with Gasteiger partial charge in [0.2, 0.25) is 0 Å². The second-order valence-corrected chi connectivity index (χ2v) is 7.45. The number of fused-ring (bicyclic) bond motifs is 3. The van der Waals surface area contributed by atoms with E-state index in [1.165, 1.54) is 22.3 Å². The molecular formula is C20H33FN2O2S3. The Hall–Kier alpha value is -0.830. The molecule has 28 heavy (non-hydrogen) atoms. The minimum Gasteiger partial charge on any atom is -0.446 e. The standard InChI is InChI=1S/C20H27FN2O2.3H2S/c1-12(10-21)6-16-11-23-5-4-15-7-13(2)14(3)8-17(15)18(23)9-19(16)25-20(22)24;;;/h7-8,16,18-19H,1,4-6,9-11H2,2-3H3,(H2,22,24);3*1H2/t16-,18-,19-;;;/m0.../s1/i21-1;;;. The number of hydrogen-bond donors (Lipinski definition) is 1. The van der Waals surface area contributed by atoms with E-state index in [1.54, 1.807) is 0 Å². The van der Waals surface area contributed by atoms with Crippen LogP contribution in [0.5, 0.6) is 0 Å². The largest absolute Gasteiger partial charge is 0.446 e. The van der Waals surface area contributed by atoms with Gasteiger partial charge in [0.25, 0.3) is 0 Å². The van der Waals surface area contributed by atoms with Gasteiger partial charge < -0.3 is 10.5 Å². The Balaban J connectivity index is 0.00000243. The molecule has 0 radical (unpaired) electrons. The summed E-state index contributed by atoms with van der Waals surface area (Å²) in [5, 5.41) is 0. The van der Waals surface area contributed by atoms with Gasteiger partial charge in [0.15, 0.2) is 0 Å². The molecule has 8 heteroatoms. The fourth-order valence-electron chi connectivity index (χ4n) is 4.28. The topological polar surface area (TPSA) is 55.6 Å². The van der Waals surface area contributed by atoms with Crippen LogP contribution in [-0.4, -0.2) is 36.9 Å². The van der Waals surface area contributed by atoms with Gasteiger partial charge in [-0.2, -0.15) is 40.5 Å². The molecule has 2 N–H and O–H groups in total. The van der Waals surface area contributed by atoms with Crippen LogP contribution in [0.3, 0.4) is 0 Å². The summed E-state index contributed by atoms with van der Waals surface area (Å²) in [6, 6.07) is 4.77. The third-order valence-corrected chi connectivity index (χ3v) is 5.68. The van der Waals surface area contributed by atoms with Gasteiger partial charge >= 0.3 is 6.09 Å². The van der Waals surface area contributed by atoms with Gasteiger partial charge in [0.05, 0.1) is 0 Å². The van der Waals surface area contributed by atoms with Gasteiger partial charge in [0.1, 0.15) is 12.8 Å². The third-order valence-electron chi connectivity index (χ3n) is 5.68. The molecule has 1 saturated heterocycles. The Kier molecular flexibility index (Phi) is 11.0. The van der Waals surface area contributed by atoms with Gasteiger partial charge in [-0.25, -0.2) is 9.18 Å². The van der Waals surface area contributed by atoms with Crippen molar-refractivity contribution >= 4 is 46.6 Å². The van der Waals surface area contributed by atoms with E-state index in [-0.39, 0.29) is 58.6 Å². The molecule has 1 aromatic rings. The number of carbonyl (C=O) groups is 1. The van der Waals surface area contributed by atoms with E-state index in [2.05, 4.69) is 37.5 Å². The van der Waals surface area contributed by atoms with Gasteiger partial charge in [0, 0.05) is 31.5 Å². The lowest BCUT2D eigenvalue weighted by Gasteiger charge is -2.47. The van der Waals surface area contributed by atoms with Crippen molar-refractivity contribution in [3.8, 4) is 0 Å². The van der Waals surface area contributed by atoms with Crippen molar-refractivity contribution < 1.29 is 13.9 Å². The molecule has 1 amide bonds. The number of piperidine rings is 1. The van der Waals surface area contributed by atoms with Crippen LogP contribution in [0.1, 0.15) is 41.1 Å². The van der Waals surface area contributed by atoms with E-state index in [4.69, 9.17) is 10.5 Å². The molecule has 1 fully saturated rings. The number of halogens is 1. The zero-order valence-electron chi connectivity index (χ0n) is 16.6. The van der Waals surface area contributed by atoms with Crippen molar-refractivity contribution in [2.24, 2.45) is 11.7 Å². The highest BCUT2D eigenvalue weighted by Crippen LogP contribution is 2.41. The molecule has 0 aromatic heterocycles. The Morgan fingerprint density at radius 2 is 1.93 bits per heavy atom. The van der Waals surface area contributed by atoms with Gasteiger partial charge in [-0.3, -0.25) is 4.90 Å². The van der Waals surface area contributed by atoms with Crippen LogP contribution in [0.15, 0.2) is 24.3 Å². The minimum atomic E-state index is -0.759. The molecule has 160 valence electrons. The molecule has 0 aliphatic carbocycles. The molecule has 0 bridgehead atoms. The van der Waals surface area contributed by atoms with Gasteiger partial charge in [-0.1, -0.05) is 18.7 Å². The molecule has 4 nitrogen and oxygen atoms in total. The van der Waals surface area contributed by atoms with E-state index in [9.17, 15) is 9.18 Å². The van der Waals surface area contributed by atoms with Crippen molar-refractivity contribution in [2.45, 2.75) is 45.3 Å². The average molecular weight is 448 g/mol. The maximum absolute atomic E-state index is 12.9. The molecule has 2 aliphatic heterocycles. The Morgan fingerprint density at radius 1 is 1.29 bits per heavy atom. The fraction of sp³-hybridized carbons (Fsp3) is 0.550. The Labute approximate surface area is 188 Å². The van der Waals surface area contributed by atoms with Crippen molar-refractivity contribution in [1.29, 1.82) is 0 Å². The monoisotopic (exact) mass is 447 g/mol. The van der Waals surface area contributed by atoms with Crippen LogP contribution in [0, 0.1) is 19.8 Å². The number of ether oxygens (including phenoxy) is 1. The van der Waals surface area contributed by atoms with Crippen molar-refractivity contribution in [1.82, 2.24) is 4.90 Å². The highest BCUT2D eigenvalue weighted by Gasteiger charge is 2.40. The predicted octanol–water partition coefficient (Wildman–Crippen LogP) is 3.94. The molecule has 2 heterocycles. The average Bonchev–Trinajstić information content (AvgIpc) is 2.56. The summed E-state index contributed by atoms with van der Waals surface area (Å²) in [5.41, 5.74) is 11.1. The molecule has 3 rings (SSSR count). The minimum absolute atomic E-state index is 0. The van der Waals surface area contributed by atoms with E-state index >= 15 is 0 Å². The van der Waals surface area contributed by atoms with Crippen LogP contribution < -0.4 is 5.73 Å². The number of primary amides is 1. The van der Waals surface area contributed by atoms with Crippen LogP contribution in [-0.2, 0) is 11.2 Å². The molecule has 2 aliphatic rings. The van der Waals surface area contributed by atoms with E-state index < -0.39 is 12.8 Å². The zero-order valence-corrected chi connectivity index (χ0v) is 19.6. The smallest absolute Gasteiger partial charge is 0.404 e. The van der Waals surface area contributed by atoms with Crippen molar-refractivity contribution in [3.63, 3.8) is 0 Å². The number of rotatable bonds is 4. The summed E-state index contributed by atoms with van der Waals surface area (Å²) in [4.78, 5) is 13.8. The second kappa shape index (κ2) is 11.4. The summed E-state index contributed by atoms with van der Waals surface area (Å²) >= 11 is 0. The van der Waals surface area contributed by atoms with Crippen LogP contribution in [0.25, 0.3) is 0 Å². The quantitative estimate of drug-likeness (QED) is 0.711. The lowest BCUT2D eigenvalue weighted by atomic mass is 9.79. The van der Waals surface area contributed by atoms with E-state index in [0.29, 0.717) is 18.4 Å². The number of benzene rings is 1. The number of amides is 1. The number of allylic oxidation sites excluding steroid dienone is 1. The second-order valence-electron chi connectivity index (χ2n) is 7.45. The highest BCUT2D eigenvalue weighted by molar-refractivity contribution is 7.59. The normalized spacial score (nSPS) is 23.0. The zero-order chi connectivity index (χ0) is 18.1.